The highest BCUT2D eigenvalue weighted by Crippen LogP contribution is 2.29. The van der Waals surface area contributed by atoms with E-state index in [1.54, 1.807) is 0 Å². The van der Waals surface area contributed by atoms with Gasteiger partial charge >= 0.3 is 0 Å². The van der Waals surface area contributed by atoms with E-state index in [2.05, 4.69) is 5.32 Å². The maximum atomic E-state index is 11.7. The lowest BCUT2D eigenvalue weighted by molar-refractivity contribution is -0.128. The summed E-state index contributed by atoms with van der Waals surface area (Å²) in [7, 11) is 0. The second-order valence-corrected chi connectivity index (χ2v) is 4.67. The summed E-state index contributed by atoms with van der Waals surface area (Å²) in [5.74, 6) is 0.239. The summed E-state index contributed by atoms with van der Waals surface area (Å²) in [5.41, 5.74) is -0.386. The Morgan fingerprint density at radius 2 is 2.07 bits per heavy atom. The molecule has 0 spiro atoms. The molecule has 1 aliphatic carbocycles. The van der Waals surface area contributed by atoms with Crippen molar-refractivity contribution in [2.75, 3.05) is 0 Å². The molecule has 0 aromatic carbocycles. The molecule has 14 heavy (non-hydrogen) atoms. The normalized spacial score (nSPS) is 23.4. The standard InChI is InChI=1S/C11H19NO2/c1-8(13)12-11(2,3)9-6-4-5-7-10(9)14/h9H,4-7H2,1-3H3,(H,12,13). The minimum absolute atomic E-state index is 0.000139. The summed E-state index contributed by atoms with van der Waals surface area (Å²) in [4.78, 5) is 22.7. The van der Waals surface area contributed by atoms with E-state index in [1.165, 1.54) is 6.92 Å². The molecule has 1 rings (SSSR count). The van der Waals surface area contributed by atoms with Crippen LogP contribution in [0.1, 0.15) is 46.5 Å². The van der Waals surface area contributed by atoms with Gasteiger partial charge in [-0.2, -0.15) is 0 Å². The highest BCUT2D eigenvalue weighted by molar-refractivity contribution is 5.84. The first-order valence-electron chi connectivity index (χ1n) is 5.25. The maximum absolute atomic E-state index is 11.7. The van der Waals surface area contributed by atoms with Crippen molar-refractivity contribution in [3.8, 4) is 0 Å². The van der Waals surface area contributed by atoms with Crippen LogP contribution in [0, 0.1) is 5.92 Å². The molecule has 0 aromatic rings. The summed E-state index contributed by atoms with van der Waals surface area (Å²) in [6.07, 6.45) is 3.69. The Labute approximate surface area is 85.3 Å². The van der Waals surface area contributed by atoms with Crippen LogP contribution in [-0.2, 0) is 9.59 Å². The van der Waals surface area contributed by atoms with Gasteiger partial charge in [0.15, 0.2) is 0 Å². The van der Waals surface area contributed by atoms with E-state index in [4.69, 9.17) is 0 Å². The van der Waals surface area contributed by atoms with Crippen LogP contribution >= 0.6 is 0 Å². The number of hydrogen-bond donors (Lipinski definition) is 1. The van der Waals surface area contributed by atoms with Crippen LogP contribution in [0.15, 0.2) is 0 Å². The molecule has 0 aromatic heterocycles. The van der Waals surface area contributed by atoms with Crippen molar-refractivity contribution in [3.63, 3.8) is 0 Å². The average molecular weight is 197 g/mol. The van der Waals surface area contributed by atoms with Gasteiger partial charge in [0.05, 0.1) is 0 Å². The van der Waals surface area contributed by atoms with E-state index >= 15 is 0 Å². The second kappa shape index (κ2) is 4.11. The van der Waals surface area contributed by atoms with Gasteiger partial charge in [-0.15, -0.1) is 0 Å². The van der Waals surface area contributed by atoms with Crippen LogP contribution < -0.4 is 5.32 Å². The largest absolute Gasteiger partial charge is 0.351 e. The number of nitrogens with one attached hydrogen (secondary N) is 1. The van der Waals surface area contributed by atoms with E-state index in [1.807, 2.05) is 13.8 Å². The highest BCUT2D eigenvalue weighted by atomic mass is 16.1. The maximum Gasteiger partial charge on any atom is 0.217 e. The Morgan fingerprint density at radius 1 is 1.43 bits per heavy atom. The fraction of sp³-hybridized carbons (Fsp3) is 0.818. The topological polar surface area (TPSA) is 46.2 Å². The van der Waals surface area contributed by atoms with Crippen LogP contribution in [0.2, 0.25) is 0 Å². The van der Waals surface area contributed by atoms with Crippen molar-refractivity contribution in [2.45, 2.75) is 52.0 Å². The lowest BCUT2D eigenvalue weighted by Gasteiger charge is -2.36. The molecule has 0 bridgehead atoms. The number of rotatable bonds is 2. The number of ketones is 1. The third-order valence-electron chi connectivity index (χ3n) is 2.92. The Morgan fingerprint density at radius 3 is 2.57 bits per heavy atom. The quantitative estimate of drug-likeness (QED) is 0.731. The molecule has 1 saturated carbocycles. The van der Waals surface area contributed by atoms with Crippen LogP contribution in [0.25, 0.3) is 0 Å². The minimum atomic E-state index is -0.386. The Hall–Kier alpha value is -0.860. The van der Waals surface area contributed by atoms with Gasteiger partial charge in [-0.05, 0) is 26.7 Å². The first-order valence-corrected chi connectivity index (χ1v) is 5.25. The summed E-state index contributed by atoms with van der Waals surface area (Å²) in [6, 6.07) is 0. The van der Waals surface area contributed by atoms with E-state index in [0.717, 1.165) is 19.3 Å². The van der Waals surface area contributed by atoms with Gasteiger partial charge in [0.25, 0.3) is 0 Å². The molecule has 1 fully saturated rings. The van der Waals surface area contributed by atoms with Gasteiger partial charge in [0, 0.05) is 24.8 Å². The van der Waals surface area contributed by atoms with Crippen molar-refractivity contribution in [1.29, 1.82) is 0 Å². The first kappa shape index (κ1) is 11.2. The van der Waals surface area contributed by atoms with Crippen LogP contribution in [0.3, 0.4) is 0 Å². The zero-order valence-corrected chi connectivity index (χ0v) is 9.22. The molecule has 0 radical (unpaired) electrons. The molecule has 3 nitrogen and oxygen atoms in total. The van der Waals surface area contributed by atoms with Gasteiger partial charge in [-0.3, -0.25) is 9.59 Å². The van der Waals surface area contributed by atoms with Crippen LogP contribution in [0.5, 0.6) is 0 Å². The molecule has 0 aliphatic heterocycles. The molecule has 80 valence electrons. The number of hydrogen-bond acceptors (Lipinski definition) is 2. The molecule has 0 heterocycles. The van der Waals surface area contributed by atoms with E-state index in [9.17, 15) is 9.59 Å². The average Bonchev–Trinajstić information content (AvgIpc) is 2.02. The monoisotopic (exact) mass is 197 g/mol. The molecule has 1 unspecified atom stereocenters. The molecular weight excluding hydrogens is 178 g/mol. The van der Waals surface area contributed by atoms with Crippen molar-refractivity contribution >= 4 is 11.7 Å². The number of carbonyl (C=O) groups excluding carboxylic acids is 2. The van der Waals surface area contributed by atoms with Gasteiger partial charge in [-0.1, -0.05) is 6.42 Å². The third-order valence-corrected chi connectivity index (χ3v) is 2.92. The summed E-state index contributed by atoms with van der Waals surface area (Å²) in [6.45, 7) is 5.36. The zero-order valence-electron chi connectivity index (χ0n) is 9.22. The molecule has 1 atom stereocenters. The predicted molar refractivity (Wildman–Crippen MR) is 54.9 cm³/mol. The van der Waals surface area contributed by atoms with Gasteiger partial charge in [0.2, 0.25) is 5.91 Å². The third kappa shape index (κ3) is 2.56. The Bertz CT molecular complexity index is 246. The summed E-state index contributed by atoms with van der Waals surface area (Å²) >= 11 is 0. The highest BCUT2D eigenvalue weighted by Gasteiger charge is 2.36. The lowest BCUT2D eigenvalue weighted by atomic mass is 9.76. The summed E-state index contributed by atoms with van der Waals surface area (Å²) in [5, 5.41) is 2.86. The van der Waals surface area contributed by atoms with Gasteiger partial charge in [-0.25, -0.2) is 0 Å². The van der Waals surface area contributed by atoms with Crippen molar-refractivity contribution in [1.82, 2.24) is 5.32 Å². The molecule has 1 amide bonds. The SMILES string of the molecule is CC(=O)NC(C)(C)C1CCCCC1=O. The molecule has 3 heteroatoms. The Balaban J connectivity index is 2.68. The van der Waals surface area contributed by atoms with E-state index in [0.29, 0.717) is 12.2 Å². The van der Waals surface area contributed by atoms with E-state index in [-0.39, 0.29) is 17.4 Å². The van der Waals surface area contributed by atoms with Crippen molar-refractivity contribution in [3.05, 3.63) is 0 Å². The second-order valence-electron chi connectivity index (χ2n) is 4.67. The molecular formula is C11H19NO2. The smallest absolute Gasteiger partial charge is 0.217 e. The summed E-state index contributed by atoms with van der Waals surface area (Å²) < 4.78 is 0. The molecule has 1 N–H and O–H groups in total. The molecule has 1 aliphatic rings. The number of Topliss-reactive ketones (excluding diaryl/α,β-unsaturated/α-hetero) is 1. The Kier molecular flexibility index (Phi) is 3.29. The van der Waals surface area contributed by atoms with Crippen LogP contribution in [-0.4, -0.2) is 17.2 Å². The minimum Gasteiger partial charge on any atom is -0.351 e. The zero-order chi connectivity index (χ0) is 10.8. The fourth-order valence-corrected chi connectivity index (χ4v) is 2.29. The lowest BCUT2D eigenvalue weighted by Crippen LogP contribution is -2.51. The number of amides is 1. The van der Waals surface area contributed by atoms with Gasteiger partial charge in [0.1, 0.15) is 5.78 Å². The van der Waals surface area contributed by atoms with E-state index < -0.39 is 0 Å². The first-order chi connectivity index (χ1) is 6.43. The van der Waals surface area contributed by atoms with Crippen molar-refractivity contribution in [2.24, 2.45) is 5.92 Å². The number of carbonyl (C=O) groups is 2. The van der Waals surface area contributed by atoms with Crippen LogP contribution in [0.4, 0.5) is 0 Å². The molecule has 0 saturated heterocycles. The predicted octanol–water partition coefficient (Wildman–Crippen LogP) is 1.66. The fourth-order valence-electron chi connectivity index (χ4n) is 2.29. The van der Waals surface area contributed by atoms with Crippen molar-refractivity contribution < 1.29 is 9.59 Å². The van der Waals surface area contributed by atoms with Gasteiger partial charge < -0.3 is 5.32 Å².